The summed E-state index contributed by atoms with van der Waals surface area (Å²) in [4.78, 5) is 23.8. The number of amides is 1. The summed E-state index contributed by atoms with van der Waals surface area (Å²) in [6.07, 6.45) is 0. The van der Waals surface area contributed by atoms with Crippen molar-refractivity contribution in [1.82, 2.24) is 15.1 Å². The van der Waals surface area contributed by atoms with E-state index < -0.39 is 0 Å². The molecule has 0 bridgehead atoms. The molecule has 30 heavy (non-hydrogen) atoms. The maximum atomic E-state index is 12.5. The highest BCUT2D eigenvalue weighted by atomic mass is 16.5. The molecular formula is C21H24N6O3. The number of nitrogens with zero attached hydrogens (tertiary/aromatic N) is 4. The van der Waals surface area contributed by atoms with Crippen LogP contribution in [-0.2, 0) is 4.74 Å². The largest absolute Gasteiger partial charge is 0.378 e. The van der Waals surface area contributed by atoms with E-state index >= 15 is 0 Å². The highest BCUT2D eigenvalue weighted by Gasteiger charge is 2.18. The quantitative estimate of drug-likeness (QED) is 0.663. The fourth-order valence-corrected chi connectivity index (χ4v) is 3.33. The Morgan fingerprint density at radius 2 is 1.73 bits per heavy atom. The summed E-state index contributed by atoms with van der Waals surface area (Å²) < 4.78 is 10.5. The Labute approximate surface area is 174 Å². The number of morpholine rings is 1. The van der Waals surface area contributed by atoms with Gasteiger partial charge in [0.25, 0.3) is 5.91 Å². The van der Waals surface area contributed by atoms with Gasteiger partial charge in [0.1, 0.15) is 17.1 Å². The number of carbonyl (C=O) groups excluding carboxylic acids is 1. The molecule has 9 heteroatoms. The van der Waals surface area contributed by atoms with Crippen LogP contribution in [-0.4, -0.2) is 47.3 Å². The van der Waals surface area contributed by atoms with E-state index in [4.69, 9.17) is 9.26 Å². The van der Waals surface area contributed by atoms with Crippen LogP contribution in [0, 0.1) is 20.8 Å². The predicted molar refractivity (Wildman–Crippen MR) is 113 cm³/mol. The highest BCUT2D eigenvalue weighted by molar-refractivity contribution is 6.05. The predicted octanol–water partition coefficient (Wildman–Crippen LogP) is 3.22. The summed E-state index contributed by atoms with van der Waals surface area (Å²) in [6.45, 7) is 8.44. The summed E-state index contributed by atoms with van der Waals surface area (Å²) in [7, 11) is 0. The molecule has 1 aliphatic rings. The number of aromatic nitrogens is 3. The van der Waals surface area contributed by atoms with Gasteiger partial charge in [0.15, 0.2) is 0 Å². The molecular weight excluding hydrogens is 384 g/mol. The van der Waals surface area contributed by atoms with Gasteiger partial charge < -0.3 is 24.8 Å². The van der Waals surface area contributed by atoms with Gasteiger partial charge >= 0.3 is 0 Å². The summed E-state index contributed by atoms with van der Waals surface area (Å²) in [6, 6.07) is 9.34. The third-order valence-electron chi connectivity index (χ3n) is 4.84. The minimum absolute atomic E-state index is 0.246. The zero-order valence-corrected chi connectivity index (χ0v) is 17.2. The third kappa shape index (κ3) is 4.41. The number of aryl methyl sites for hydroxylation is 3. The smallest absolute Gasteiger partial charge is 0.261 e. The zero-order chi connectivity index (χ0) is 21.1. The van der Waals surface area contributed by atoms with Crippen LogP contribution >= 0.6 is 0 Å². The summed E-state index contributed by atoms with van der Waals surface area (Å²) in [5, 5.41) is 9.91. The molecule has 1 saturated heterocycles. The maximum Gasteiger partial charge on any atom is 0.261 e. The van der Waals surface area contributed by atoms with Crippen LogP contribution in [0.25, 0.3) is 0 Å². The van der Waals surface area contributed by atoms with Crippen molar-refractivity contribution in [2.24, 2.45) is 0 Å². The maximum absolute atomic E-state index is 12.5. The van der Waals surface area contributed by atoms with Crippen LogP contribution in [0.1, 0.15) is 27.5 Å². The van der Waals surface area contributed by atoms with E-state index in [-0.39, 0.29) is 5.91 Å². The number of benzene rings is 1. The first-order chi connectivity index (χ1) is 14.5. The van der Waals surface area contributed by atoms with Crippen LogP contribution in [0.3, 0.4) is 0 Å². The number of anilines is 4. The standard InChI is InChI=1S/C21H24N6O3/c1-13-12-18(27-8-10-29-11-9-27)25-21(22-13)24-17-6-4-16(5-7-17)23-20(28)19-14(2)26-30-15(19)3/h4-7,12H,8-11H2,1-3H3,(H,23,28)(H,22,24,25). The monoisotopic (exact) mass is 408 g/mol. The lowest BCUT2D eigenvalue weighted by Crippen LogP contribution is -2.36. The topological polar surface area (TPSA) is 105 Å². The van der Waals surface area contributed by atoms with E-state index in [0.29, 0.717) is 41.9 Å². The average Bonchev–Trinajstić information content (AvgIpc) is 3.08. The van der Waals surface area contributed by atoms with Crippen molar-refractivity contribution >= 4 is 29.0 Å². The number of carbonyl (C=O) groups is 1. The molecule has 1 amide bonds. The van der Waals surface area contributed by atoms with E-state index in [1.54, 1.807) is 13.8 Å². The van der Waals surface area contributed by atoms with E-state index in [1.807, 2.05) is 37.3 Å². The van der Waals surface area contributed by atoms with Crippen molar-refractivity contribution in [3.8, 4) is 0 Å². The second kappa shape index (κ2) is 8.50. The number of hydrogen-bond donors (Lipinski definition) is 2. The molecule has 0 aliphatic carbocycles. The fraction of sp³-hybridized carbons (Fsp3) is 0.333. The average molecular weight is 408 g/mol. The molecule has 0 unspecified atom stereocenters. The van der Waals surface area contributed by atoms with Gasteiger partial charge in [-0.3, -0.25) is 4.79 Å². The van der Waals surface area contributed by atoms with Crippen LogP contribution in [0.4, 0.5) is 23.1 Å². The summed E-state index contributed by atoms with van der Waals surface area (Å²) in [5.74, 6) is 1.67. The molecule has 9 nitrogen and oxygen atoms in total. The van der Waals surface area contributed by atoms with Crippen LogP contribution in [0.15, 0.2) is 34.9 Å². The van der Waals surface area contributed by atoms with Crippen molar-refractivity contribution < 1.29 is 14.1 Å². The first-order valence-corrected chi connectivity index (χ1v) is 9.79. The van der Waals surface area contributed by atoms with Gasteiger partial charge in [-0.05, 0) is 45.0 Å². The molecule has 3 aromatic rings. The van der Waals surface area contributed by atoms with E-state index in [2.05, 4.69) is 30.7 Å². The summed E-state index contributed by atoms with van der Waals surface area (Å²) in [5.41, 5.74) is 3.41. The van der Waals surface area contributed by atoms with Gasteiger partial charge in [-0.1, -0.05) is 5.16 Å². The van der Waals surface area contributed by atoms with E-state index in [9.17, 15) is 4.79 Å². The third-order valence-corrected chi connectivity index (χ3v) is 4.84. The van der Waals surface area contributed by atoms with Crippen molar-refractivity contribution in [2.45, 2.75) is 20.8 Å². The van der Waals surface area contributed by atoms with Crippen molar-refractivity contribution in [2.75, 3.05) is 41.8 Å². The minimum atomic E-state index is -0.246. The van der Waals surface area contributed by atoms with Gasteiger partial charge in [-0.15, -0.1) is 0 Å². The molecule has 0 radical (unpaired) electrons. The number of rotatable bonds is 5. The van der Waals surface area contributed by atoms with Gasteiger partial charge in [0, 0.05) is 36.2 Å². The van der Waals surface area contributed by atoms with E-state index in [1.165, 1.54) is 0 Å². The first-order valence-electron chi connectivity index (χ1n) is 9.79. The van der Waals surface area contributed by atoms with Crippen LogP contribution in [0.2, 0.25) is 0 Å². The molecule has 0 atom stereocenters. The molecule has 1 aromatic carbocycles. The lowest BCUT2D eigenvalue weighted by atomic mass is 10.2. The molecule has 1 aliphatic heterocycles. The Kier molecular flexibility index (Phi) is 5.62. The van der Waals surface area contributed by atoms with Gasteiger partial charge in [-0.2, -0.15) is 4.98 Å². The first kappa shape index (κ1) is 19.8. The minimum Gasteiger partial charge on any atom is -0.378 e. The van der Waals surface area contributed by atoms with Crippen LogP contribution in [0.5, 0.6) is 0 Å². The Morgan fingerprint density at radius 1 is 1.03 bits per heavy atom. The Hall–Kier alpha value is -3.46. The second-order valence-electron chi connectivity index (χ2n) is 7.15. The van der Waals surface area contributed by atoms with Crippen LogP contribution < -0.4 is 15.5 Å². The van der Waals surface area contributed by atoms with Crippen molar-refractivity contribution in [3.05, 3.63) is 53.0 Å². The molecule has 1 fully saturated rings. The normalized spacial score (nSPS) is 13.9. The van der Waals surface area contributed by atoms with Gasteiger partial charge in [-0.25, -0.2) is 4.98 Å². The Bertz CT molecular complexity index is 1020. The van der Waals surface area contributed by atoms with Gasteiger partial charge in [0.05, 0.1) is 18.9 Å². The Balaban J connectivity index is 1.45. The highest BCUT2D eigenvalue weighted by Crippen LogP contribution is 2.21. The molecule has 2 N–H and O–H groups in total. The number of hydrogen-bond acceptors (Lipinski definition) is 8. The number of ether oxygens (including phenoxy) is 1. The molecule has 2 aromatic heterocycles. The molecule has 156 valence electrons. The second-order valence-corrected chi connectivity index (χ2v) is 7.15. The Morgan fingerprint density at radius 3 is 2.40 bits per heavy atom. The SMILES string of the molecule is Cc1cc(N2CCOCC2)nc(Nc2ccc(NC(=O)c3c(C)noc3C)cc2)n1. The number of nitrogens with one attached hydrogen (secondary N) is 2. The zero-order valence-electron chi connectivity index (χ0n) is 17.2. The molecule has 4 rings (SSSR count). The van der Waals surface area contributed by atoms with E-state index in [0.717, 1.165) is 30.3 Å². The lowest BCUT2D eigenvalue weighted by Gasteiger charge is -2.28. The van der Waals surface area contributed by atoms with Gasteiger partial charge in [0.2, 0.25) is 5.95 Å². The molecule has 0 saturated carbocycles. The molecule has 0 spiro atoms. The van der Waals surface area contributed by atoms with Crippen molar-refractivity contribution in [1.29, 1.82) is 0 Å². The molecule has 3 heterocycles. The van der Waals surface area contributed by atoms with Crippen molar-refractivity contribution in [3.63, 3.8) is 0 Å². The summed E-state index contributed by atoms with van der Waals surface area (Å²) >= 11 is 0. The fourth-order valence-electron chi connectivity index (χ4n) is 3.33. The lowest BCUT2D eigenvalue weighted by molar-refractivity contribution is 0.102.